The van der Waals surface area contributed by atoms with Gasteiger partial charge in [-0.15, -0.1) is 0 Å². The molecule has 0 radical (unpaired) electrons. The number of rotatable bonds is 4. The summed E-state index contributed by atoms with van der Waals surface area (Å²) in [6, 6.07) is 7.72. The molecule has 0 atom stereocenters. The highest BCUT2D eigenvalue weighted by Gasteiger charge is 2.09. The molecule has 0 unspecified atom stereocenters. The molecule has 0 fully saturated rings. The van der Waals surface area contributed by atoms with Crippen molar-refractivity contribution < 1.29 is 4.79 Å². The molecule has 0 aliphatic heterocycles. The Morgan fingerprint density at radius 2 is 2.00 bits per heavy atom. The summed E-state index contributed by atoms with van der Waals surface area (Å²) in [5.41, 5.74) is 2.20. The molecular weight excluding hydrogens is 240 g/mol. The molecule has 0 spiro atoms. The van der Waals surface area contributed by atoms with Crippen LogP contribution >= 0.6 is 0 Å². The molecule has 0 aliphatic carbocycles. The standard InChI is InChI=1S/C14H16N4O/c1-3-10-6-4-5-7-11(10)18-14(19)12-8-17-13(15-2)9-16-12/h4-9H,3H2,1-2H3,(H,15,17)(H,18,19). The number of carbonyl (C=O) groups excluding carboxylic acids is 1. The van der Waals surface area contributed by atoms with E-state index >= 15 is 0 Å². The minimum atomic E-state index is -0.254. The molecule has 1 heterocycles. The van der Waals surface area contributed by atoms with Crippen LogP contribution in [-0.2, 0) is 6.42 Å². The number of aromatic nitrogens is 2. The maximum absolute atomic E-state index is 12.0. The number of benzene rings is 1. The lowest BCUT2D eigenvalue weighted by atomic mass is 10.1. The SMILES string of the molecule is CCc1ccccc1NC(=O)c1cnc(NC)cn1. The molecule has 5 heteroatoms. The maximum atomic E-state index is 12.0. The van der Waals surface area contributed by atoms with Crippen LogP contribution in [0.15, 0.2) is 36.7 Å². The van der Waals surface area contributed by atoms with Crippen LogP contribution in [0.2, 0.25) is 0 Å². The molecule has 2 N–H and O–H groups in total. The first-order valence-electron chi connectivity index (χ1n) is 6.13. The fourth-order valence-corrected chi connectivity index (χ4v) is 1.71. The second-order valence-corrected chi connectivity index (χ2v) is 4.00. The summed E-state index contributed by atoms with van der Waals surface area (Å²) in [7, 11) is 1.75. The number of anilines is 2. The number of aryl methyl sites for hydroxylation is 1. The zero-order valence-corrected chi connectivity index (χ0v) is 11.0. The van der Waals surface area contributed by atoms with Crippen molar-refractivity contribution in [2.45, 2.75) is 13.3 Å². The van der Waals surface area contributed by atoms with Crippen LogP contribution in [0, 0.1) is 0 Å². The molecule has 1 amide bonds. The van der Waals surface area contributed by atoms with Gasteiger partial charge in [-0.05, 0) is 18.1 Å². The topological polar surface area (TPSA) is 66.9 Å². The number of amides is 1. The number of hydrogen-bond donors (Lipinski definition) is 2. The van der Waals surface area contributed by atoms with Crippen LogP contribution in [0.25, 0.3) is 0 Å². The van der Waals surface area contributed by atoms with E-state index in [9.17, 15) is 4.79 Å². The molecule has 0 saturated carbocycles. The van der Waals surface area contributed by atoms with E-state index in [1.165, 1.54) is 12.4 Å². The normalized spacial score (nSPS) is 10.0. The van der Waals surface area contributed by atoms with Gasteiger partial charge in [-0.25, -0.2) is 9.97 Å². The van der Waals surface area contributed by atoms with Crippen LogP contribution in [0.5, 0.6) is 0 Å². The number of nitrogens with zero attached hydrogens (tertiary/aromatic N) is 2. The van der Waals surface area contributed by atoms with E-state index in [2.05, 4.69) is 20.6 Å². The fraction of sp³-hybridized carbons (Fsp3) is 0.214. The molecular formula is C14H16N4O. The van der Waals surface area contributed by atoms with E-state index in [-0.39, 0.29) is 5.91 Å². The zero-order chi connectivity index (χ0) is 13.7. The van der Waals surface area contributed by atoms with Gasteiger partial charge in [-0.3, -0.25) is 4.79 Å². The maximum Gasteiger partial charge on any atom is 0.275 e. The Hall–Kier alpha value is -2.43. The molecule has 0 saturated heterocycles. The molecule has 19 heavy (non-hydrogen) atoms. The van der Waals surface area contributed by atoms with Gasteiger partial charge in [0.05, 0.1) is 12.4 Å². The number of para-hydroxylation sites is 1. The second kappa shape index (κ2) is 5.95. The highest BCUT2D eigenvalue weighted by molar-refractivity contribution is 6.03. The Bertz CT molecular complexity index is 566. The average molecular weight is 256 g/mol. The second-order valence-electron chi connectivity index (χ2n) is 4.00. The summed E-state index contributed by atoms with van der Waals surface area (Å²) in [5, 5.41) is 5.71. The lowest BCUT2D eigenvalue weighted by Crippen LogP contribution is -2.15. The number of carbonyl (C=O) groups is 1. The summed E-state index contributed by atoms with van der Waals surface area (Å²) >= 11 is 0. The Labute approximate surface area is 112 Å². The van der Waals surface area contributed by atoms with Crippen LogP contribution in [0.3, 0.4) is 0 Å². The average Bonchev–Trinajstić information content (AvgIpc) is 2.48. The molecule has 2 rings (SSSR count). The summed E-state index contributed by atoms with van der Waals surface area (Å²) < 4.78 is 0. The van der Waals surface area contributed by atoms with Crippen LogP contribution in [-0.4, -0.2) is 22.9 Å². The van der Waals surface area contributed by atoms with Gasteiger partial charge in [-0.1, -0.05) is 25.1 Å². The molecule has 1 aromatic heterocycles. The Kier molecular flexibility index (Phi) is 4.07. The van der Waals surface area contributed by atoms with E-state index < -0.39 is 0 Å². The van der Waals surface area contributed by atoms with Gasteiger partial charge >= 0.3 is 0 Å². The van der Waals surface area contributed by atoms with Crippen molar-refractivity contribution in [3.63, 3.8) is 0 Å². The van der Waals surface area contributed by atoms with Gasteiger partial charge in [0.25, 0.3) is 5.91 Å². The van der Waals surface area contributed by atoms with Crippen molar-refractivity contribution in [2.75, 3.05) is 17.7 Å². The Balaban J connectivity index is 2.16. The third-order valence-electron chi connectivity index (χ3n) is 2.79. The summed E-state index contributed by atoms with van der Waals surface area (Å²) in [5.74, 6) is 0.376. The van der Waals surface area contributed by atoms with Gasteiger partial charge in [-0.2, -0.15) is 0 Å². The van der Waals surface area contributed by atoms with Crippen molar-refractivity contribution in [3.05, 3.63) is 47.9 Å². The first kappa shape index (κ1) is 13.0. The van der Waals surface area contributed by atoms with E-state index in [1.807, 2.05) is 31.2 Å². The van der Waals surface area contributed by atoms with Crippen LogP contribution in [0.4, 0.5) is 11.5 Å². The third kappa shape index (κ3) is 3.07. The van der Waals surface area contributed by atoms with Crippen molar-refractivity contribution >= 4 is 17.4 Å². The minimum Gasteiger partial charge on any atom is -0.372 e. The lowest BCUT2D eigenvalue weighted by Gasteiger charge is -2.09. The molecule has 2 aromatic rings. The highest BCUT2D eigenvalue weighted by atomic mass is 16.1. The summed E-state index contributed by atoms with van der Waals surface area (Å²) in [6.45, 7) is 2.05. The monoisotopic (exact) mass is 256 g/mol. The number of hydrogen-bond acceptors (Lipinski definition) is 4. The quantitative estimate of drug-likeness (QED) is 0.881. The first-order chi connectivity index (χ1) is 9.24. The number of nitrogens with one attached hydrogen (secondary N) is 2. The van der Waals surface area contributed by atoms with Crippen molar-refractivity contribution in [1.82, 2.24) is 9.97 Å². The smallest absolute Gasteiger partial charge is 0.275 e. The van der Waals surface area contributed by atoms with Gasteiger partial charge in [0.1, 0.15) is 11.5 Å². The Morgan fingerprint density at radius 3 is 2.63 bits per heavy atom. The van der Waals surface area contributed by atoms with E-state index in [1.54, 1.807) is 7.05 Å². The van der Waals surface area contributed by atoms with Gasteiger partial charge in [0.15, 0.2) is 0 Å². The summed E-state index contributed by atoms with van der Waals surface area (Å²) in [6.07, 6.45) is 3.84. The van der Waals surface area contributed by atoms with Crippen LogP contribution in [0.1, 0.15) is 23.0 Å². The molecule has 5 nitrogen and oxygen atoms in total. The minimum absolute atomic E-state index is 0.254. The zero-order valence-electron chi connectivity index (χ0n) is 11.0. The van der Waals surface area contributed by atoms with Crippen molar-refractivity contribution in [3.8, 4) is 0 Å². The largest absolute Gasteiger partial charge is 0.372 e. The molecule has 98 valence electrons. The van der Waals surface area contributed by atoms with Crippen LogP contribution < -0.4 is 10.6 Å². The van der Waals surface area contributed by atoms with E-state index in [0.29, 0.717) is 11.5 Å². The highest BCUT2D eigenvalue weighted by Crippen LogP contribution is 2.16. The van der Waals surface area contributed by atoms with E-state index in [4.69, 9.17) is 0 Å². The first-order valence-corrected chi connectivity index (χ1v) is 6.13. The van der Waals surface area contributed by atoms with Gasteiger partial charge < -0.3 is 10.6 Å². The fourth-order valence-electron chi connectivity index (χ4n) is 1.71. The third-order valence-corrected chi connectivity index (χ3v) is 2.79. The van der Waals surface area contributed by atoms with Crippen molar-refractivity contribution in [2.24, 2.45) is 0 Å². The van der Waals surface area contributed by atoms with Crippen molar-refractivity contribution in [1.29, 1.82) is 0 Å². The van der Waals surface area contributed by atoms with E-state index in [0.717, 1.165) is 17.7 Å². The van der Waals surface area contributed by atoms with Gasteiger partial charge in [0.2, 0.25) is 0 Å². The molecule has 1 aromatic carbocycles. The Morgan fingerprint density at radius 1 is 1.21 bits per heavy atom. The van der Waals surface area contributed by atoms with Gasteiger partial charge in [0, 0.05) is 12.7 Å². The lowest BCUT2D eigenvalue weighted by molar-refractivity contribution is 0.102. The predicted octanol–water partition coefficient (Wildman–Crippen LogP) is 2.33. The summed E-state index contributed by atoms with van der Waals surface area (Å²) in [4.78, 5) is 20.2. The molecule has 0 aliphatic rings. The predicted molar refractivity (Wildman–Crippen MR) is 75.4 cm³/mol. The molecule has 0 bridgehead atoms.